The third-order valence-corrected chi connectivity index (χ3v) is 3.92. The van der Waals surface area contributed by atoms with Crippen LogP contribution in [0.25, 0.3) is 0 Å². The fourth-order valence-electron chi connectivity index (χ4n) is 2.73. The van der Waals surface area contributed by atoms with Gasteiger partial charge in [-0.25, -0.2) is 18.7 Å². The Kier molecular flexibility index (Phi) is 4.85. The number of piperazine rings is 1. The first-order valence-corrected chi connectivity index (χ1v) is 7.64. The summed E-state index contributed by atoms with van der Waals surface area (Å²) in [5.41, 5.74) is -0.462. The minimum atomic E-state index is -4.51. The summed E-state index contributed by atoms with van der Waals surface area (Å²) in [6.45, 7) is 2.28. The molecule has 4 nitrogen and oxygen atoms in total. The number of benzene rings is 1. The van der Waals surface area contributed by atoms with Crippen LogP contribution >= 0.6 is 0 Å². The first-order valence-electron chi connectivity index (χ1n) is 7.64. The molecule has 0 spiro atoms. The van der Waals surface area contributed by atoms with Crippen LogP contribution in [0.5, 0.6) is 0 Å². The Morgan fingerprint density at radius 2 is 1.60 bits per heavy atom. The molecule has 0 aliphatic carbocycles. The van der Waals surface area contributed by atoms with Crippen molar-refractivity contribution in [2.75, 3.05) is 31.1 Å². The predicted molar refractivity (Wildman–Crippen MR) is 80.9 cm³/mol. The second-order valence-electron chi connectivity index (χ2n) is 5.78. The van der Waals surface area contributed by atoms with Crippen LogP contribution < -0.4 is 4.90 Å². The molecule has 1 aliphatic rings. The fraction of sp³-hybridized carbons (Fsp3) is 0.375. The minimum Gasteiger partial charge on any atom is -0.338 e. The molecule has 25 heavy (non-hydrogen) atoms. The van der Waals surface area contributed by atoms with Gasteiger partial charge < -0.3 is 4.90 Å². The zero-order valence-corrected chi connectivity index (χ0v) is 13.1. The summed E-state index contributed by atoms with van der Waals surface area (Å²) in [4.78, 5) is 11.1. The van der Waals surface area contributed by atoms with E-state index in [2.05, 4.69) is 9.97 Å². The first-order chi connectivity index (χ1) is 11.8. The molecule has 0 atom stereocenters. The largest absolute Gasteiger partial charge is 0.433 e. The van der Waals surface area contributed by atoms with Crippen LogP contribution in [-0.4, -0.2) is 41.0 Å². The van der Waals surface area contributed by atoms with Gasteiger partial charge >= 0.3 is 6.18 Å². The second kappa shape index (κ2) is 6.91. The van der Waals surface area contributed by atoms with E-state index in [0.29, 0.717) is 38.3 Å². The summed E-state index contributed by atoms with van der Waals surface area (Å²) >= 11 is 0. The Bertz CT molecular complexity index is 721. The van der Waals surface area contributed by atoms with Crippen LogP contribution in [-0.2, 0) is 12.7 Å². The van der Waals surface area contributed by atoms with Crippen LogP contribution in [0.2, 0.25) is 0 Å². The highest BCUT2D eigenvalue weighted by Crippen LogP contribution is 2.28. The highest BCUT2D eigenvalue weighted by molar-refractivity contribution is 5.32. The van der Waals surface area contributed by atoms with Gasteiger partial charge in [-0.2, -0.15) is 13.2 Å². The number of anilines is 1. The topological polar surface area (TPSA) is 32.3 Å². The van der Waals surface area contributed by atoms with Crippen molar-refractivity contribution in [3.63, 3.8) is 0 Å². The third kappa shape index (κ3) is 4.41. The fourth-order valence-corrected chi connectivity index (χ4v) is 2.73. The van der Waals surface area contributed by atoms with Crippen molar-refractivity contribution in [3.05, 3.63) is 53.4 Å². The molecule has 0 bridgehead atoms. The van der Waals surface area contributed by atoms with E-state index in [-0.39, 0.29) is 5.95 Å². The zero-order valence-electron chi connectivity index (χ0n) is 13.1. The van der Waals surface area contributed by atoms with Crippen molar-refractivity contribution in [3.8, 4) is 0 Å². The Morgan fingerprint density at radius 1 is 0.960 bits per heavy atom. The number of rotatable bonds is 3. The van der Waals surface area contributed by atoms with Gasteiger partial charge in [0.05, 0.1) is 0 Å². The molecule has 0 saturated carbocycles. The first kappa shape index (κ1) is 17.5. The number of hydrogen-bond acceptors (Lipinski definition) is 4. The molecule has 1 aromatic carbocycles. The lowest BCUT2D eigenvalue weighted by molar-refractivity contribution is -0.141. The third-order valence-electron chi connectivity index (χ3n) is 3.92. The van der Waals surface area contributed by atoms with Crippen molar-refractivity contribution >= 4 is 5.95 Å². The van der Waals surface area contributed by atoms with Gasteiger partial charge in [0.15, 0.2) is 0 Å². The van der Waals surface area contributed by atoms with Crippen molar-refractivity contribution < 1.29 is 22.0 Å². The molecular formula is C16H15F5N4. The predicted octanol–water partition coefficient (Wildman–Crippen LogP) is 3.10. The summed E-state index contributed by atoms with van der Waals surface area (Å²) in [5, 5.41) is 0. The smallest absolute Gasteiger partial charge is 0.338 e. The Labute approximate surface area is 140 Å². The highest BCUT2D eigenvalue weighted by atomic mass is 19.4. The molecule has 0 N–H and O–H groups in total. The summed E-state index contributed by atoms with van der Waals surface area (Å²) in [6, 6.07) is 4.18. The van der Waals surface area contributed by atoms with Crippen LogP contribution in [0.15, 0.2) is 30.5 Å². The van der Waals surface area contributed by atoms with E-state index < -0.39 is 23.5 Å². The molecule has 134 valence electrons. The maximum Gasteiger partial charge on any atom is 0.433 e. The SMILES string of the molecule is Fc1cc(F)cc(CN2CCN(c3nccc(C(F)(F)F)n3)CC2)c1. The Hall–Kier alpha value is -2.29. The normalized spacial score (nSPS) is 16.3. The molecule has 1 aromatic heterocycles. The maximum atomic E-state index is 13.2. The summed E-state index contributed by atoms with van der Waals surface area (Å²) in [5.74, 6) is -1.23. The van der Waals surface area contributed by atoms with E-state index in [0.717, 1.165) is 18.3 Å². The van der Waals surface area contributed by atoms with Gasteiger partial charge in [-0.05, 0) is 23.8 Å². The van der Waals surface area contributed by atoms with E-state index in [4.69, 9.17) is 0 Å². The molecule has 1 fully saturated rings. The lowest BCUT2D eigenvalue weighted by Gasteiger charge is -2.34. The molecule has 0 unspecified atom stereocenters. The second-order valence-corrected chi connectivity index (χ2v) is 5.78. The molecular weight excluding hydrogens is 343 g/mol. The number of nitrogens with zero attached hydrogens (tertiary/aromatic N) is 4. The summed E-state index contributed by atoms with van der Waals surface area (Å²) in [6.07, 6.45) is -3.42. The van der Waals surface area contributed by atoms with Gasteiger partial charge in [0, 0.05) is 45.0 Å². The molecule has 2 aromatic rings. The number of halogens is 5. The van der Waals surface area contributed by atoms with E-state index in [1.807, 2.05) is 4.90 Å². The van der Waals surface area contributed by atoms with Crippen molar-refractivity contribution in [1.82, 2.24) is 14.9 Å². The zero-order chi connectivity index (χ0) is 18.0. The molecule has 1 saturated heterocycles. The lowest BCUT2D eigenvalue weighted by Crippen LogP contribution is -2.46. The van der Waals surface area contributed by atoms with E-state index in [1.165, 1.54) is 12.1 Å². The van der Waals surface area contributed by atoms with E-state index in [1.54, 1.807) is 4.90 Å². The van der Waals surface area contributed by atoms with Crippen LogP contribution in [0.1, 0.15) is 11.3 Å². The van der Waals surface area contributed by atoms with Crippen LogP contribution in [0, 0.1) is 11.6 Å². The van der Waals surface area contributed by atoms with Crippen LogP contribution in [0.4, 0.5) is 27.9 Å². The number of hydrogen-bond donors (Lipinski definition) is 0. The van der Waals surface area contributed by atoms with Crippen molar-refractivity contribution in [1.29, 1.82) is 0 Å². The van der Waals surface area contributed by atoms with Gasteiger partial charge in [-0.1, -0.05) is 0 Å². The summed E-state index contributed by atoms with van der Waals surface area (Å²) < 4.78 is 64.6. The van der Waals surface area contributed by atoms with Crippen molar-refractivity contribution in [2.45, 2.75) is 12.7 Å². The van der Waals surface area contributed by atoms with Gasteiger partial charge in [-0.15, -0.1) is 0 Å². The lowest BCUT2D eigenvalue weighted by atomic mass is 10.2. The quantitative estimate of drug-likeness (QED) is 0.790. The minimum absolute atomic E-state index is 0.0336. The molecule has 3 rings (SSSR count). The monoisotopic (exact) mass is 358 g/mol. The molecule has 9 heteroatoms. The van der Waals surface area contributed by atoms with Gasteiger partial charge in [0.2, 0.25) is 5.95 Å². The molecule has 0 radical (unpaired) electrons. The maximum absolute atomic E-state index is 13.2. The Morgan fingerprint density at radius 3 is 2.20 bits per heavy atom. The summed E-state index contributed by atoms with van der Waals surface area (Å²) in [7, 11) is 0. The van der Waals surface area contributed by atoms with E-state index >= 15 is 0 Å². The number of aromatic nitrogens is 2. The Balaban J connectivity index is 1.62. The highest BCUT2D eigenvalue weighted by Gasteiger charge is 2.33. The van der Waals surface area contributed by atoms with Gasteiger partial charge in [-0.3, -0.25) is 4.90 Å². The van der Waals surface area contributed by atoms with Gasteiger partial charge in [0.1, 0.15) is 17.3 Å². The van der Waals surface area contributed by atoms with Crippen LogP contribution in [0.3, 0.4) is 0 Å². The standard InChI is InChI=1S/C16H15F5N4/c17-12-7-11(8-13(18)9-12)10-24-3-5-25(6-4-24)15-22-2-1-14(23-15)16(19,20)21/h1-2,7-9H,3-6,10H2. The molecule has 1 aliphatic heterocycles. The molecule has 2 heterocycles. The number of alkyl halides is 3. The average Bonchev–Trinajstić information content (AvgIpc) is 2.54. The molecule has 0 amide bonds. The average molecular weight is 358 g/mol. The van der Waals surface area contributed by atoms with Crippen molar-refractivity contribution in [2.24, 2.45) is 0 Å². The van der Waals surface area contributed by atoms with Gasteiger partial charge in [0.25, 0.3) is 0 Å². The van der Waals surface area contributed by atoms with E-state index in [9.17, 15) is 22.0 Å².